The molecule has 0 bridgehead atoms. The molecule has 3 nitrogen and oxygen atoms in total. The molecule has 1 heterocycles. The van der Waals surface area contributed by atoms with Crippen LogP contribution in [0.2, 0.25) is 0 Å². The van der Waals surface area contributed by atoms with Gasteiger partial charge in [-0.15, -0.1) is 0 Å². The van der Waals surface area contributed by atoms with Crippen LogP contribution in [0.15, 0.2) is 47.1 Å². The Morgan fingerprint density at radius 3 is 2.62 bits per heavy atom. The lowest BCUT2D eigenvalue weighted by Gasteiger charge is -2.17. The number of hydrogen-bond acceptors (Lipinski definition) is 3. The first-order valence-corrected chi connectivity index (χ1v) is 6.50. The highest BCUT2D eigenvalue weighted by Crippen LogP contribution is 2.30. The summed E-state index contributed by atoms with van der Waals surface area (Å²) in [5.74, 6) is 0.700. The molecule has 0 amide bonds. The van der Waals surface area contributed by atoms with Crippen LogP contribution in [-0.4, -0.2) is 11.7 Å². The standard InChI is InChI=1S/C15H16F3NO2/c1-10(14-6-3-7-21-14)19-9-13(20)11-4-2-5-12(8-11)15(16,17)18/h2-8,10,13,19-20H,9H2,1H3. The molecule has 0 aliphatic heterocycles. The summed E-state index contributed by atoms with van der Waals surface area (Å²) in [6.45, 7) is 1.97. The predicted molar refractivity (Wildman–Crippen MR) is 71.5 cm³/mol. The Morgan fingerprint density at radius 1 is 1.24 bits per heavy atom. The number of alkyl halides is 3. The highest BCUT2D eigenvalue weighted by Gasteiger charge is 2.30. The van der Waals surface area contributed by atoms with E-state index in [1.165, 1.54) is 18.4 Å². The highest BCUT2D eigenvalue weighted by molar-refractivity contribution is 5.27. The van der Waals surface area contributed by atoms with Crippen LogP contribution in [0.5, 0.6) is 0 Å². The van der Waals surface area contributed by atoms with Crippen molar-refractivity contribution in [3.8, 4) is 0 Å². The molecular weight excluding hydrogens is 283 g/mol. The van der Waals surface area contributed by atoms with Crippen LogP contribution in [0.25, 0.3) is 0 Å². The van der Waals surface area contributed by atoms with Gasteiger partial charge in [0.1, 0.15) is 5.76 Å². The molecule has 2 unspecified atom stereocenters. The summed E-state index contributed by atoms with van der Waals surface area (Å²) in [7, 11) is 0. The molecule has 2 N–H and O–H groups in total. The van der Waals surface area contributed by atoms with Crippen LogP contribution in [0.1, 0.15) is 36.0 Å². The number of furan rings is 1. The normalized spacial score (nSPS) is 14.9. The van der Waals surface area contributed by atoms with E-state index in [1.807, 2.05) is 6.92 Å². The topological polar surface area (TPSA) is 45.4 Å². The van der Waals surface area contributed by atoms with E-state index in [0.717, 1.165) is 12.1 Å². The van der Waals surface area contributed by atoms with Gasteiger partial charge in [0.05, 0.1) is 24.0 Å². The Hall–Kier alpha value is -1.79. The second kappa shape index (κ2) is 6.32. The predicted octanol–water partition coefficient (Wildman–Crippen LogP) is 3.68. The van der Waals surface area contributed by atoms with E-state index in [2.05, 4.69) is 5.32 Å². The number of aliphatic hydroxyl groups is 1. The first kappa shape index (κ1) is 15.6. The van der Waals surface area contributed by atoms with Gasteiger partial charge in [-0.1, -0.05) is 12.1 Å². The summed E-state index contributed by atoms with van der Waals surface area (Å²) < 4.78 is 43.1. The Labute approximate surface area is 120 Å². The van der Waals surface area contributed by atoms with Gasteiger partial charge in [0.15, 0.2) is 0 Å². The third kappa shape index (κ3) is 4.09. The molecule has 0 aliphatic rings. The highest BCUT2D eigenvalue weighted by atomic mass is 19.4. The van der Waals surface area contributed by atoms with Crippen LogP contribution < -0.4 is 5.32 Å². The lowest BCUT2D eigenvalue weighted by atomic mass is 10.1. The smallest absolute Gasteiger partial charge is 0.416 e. The van der Waals surface area contributed by atoms with Gasteiger partial charge in [0.25, 0.3) is 0 Å². The molecule has 0 saturated heterocycles. The fourth-order valence-corrected chi connectivity index (χ4v) is 1.97. The lowest BCUT2D eigenvalue weighted by molar-refractivity contribution is -0.137. The van der Waals surface area contributed by atoms with Crippen molar-refractivity contribution in [2.75, 3.05) is 6.54 Å². The number of hydrogen-bond donors (Lipinski definition) is 2. The maximum Gasteiger partial charge on any atom is 0.416 e. The van der Waals surface area contributed by atoms with Crippen molar-refractivity contribution in [3.05, 3.63) is 59.5 Å². The van der Waals surface area contributed by atoms with E-state index in [0.29, 0.717) is 5.76 Å². The summed E-state index contributed by atoms with van der Waals surface area (Å²) in [6, 6.07) is 8.10. The zero-order valence-electron chi connectivity index (χ0n) is 11.4. The largest absolute Gasteiger partial charge is 0.468 e. The van der Waals surface area contributed by atoms with Gasteiger partial charge >= 0.3 is 6.18 Å². The van der Waals surface area contributed by atoms with E-state index in [9.17, 15) is 18.3 Å². The molecule has 2 rings (SSSR count). The zero-order valence-corrected chi connectivity index (χ0v) is 11.4. The van der Waals surface area contributed by atoms with Gasteiger partial charge in [-0.3, -0.25) is 0 Å². The average molecular weight is 299 g/mol. The molecule has 0 radical (unpaired) electrons. The van der Waals surface area contributed by atoms with E-state index >= 15 is 0 Å². The van der Waals surface area contributed by atoms with Crippen molar-refractivity contribution in [1.29, 1.82) is 0 Å². The first-order valence-electron chi connectivity index (χ1n) is 6.50. The van der Waals surface area contributed by atoms with Crippen LogP contribution in [-0.2, 0) is 6.18 Å². The minimum atomic E-state index is -4.41. The lowest BCUT2D eigenvalue weighted by Crippen LogP contribution is -2.24. The Morgan fingerprint density at radius 2 is 2.00 bits per heavy atom. The fraction of sp³-hybridized carbons (Fsp3) is 0.333. The molecule has 0 saturated carbocycles. The van der Waals surface area contributed by atoms with E-state index < -0.39 is 17.8 Å². The number of halogens is 3. The summed E-state index contributed by atoms with van der Waals surface area (Å²) in [6.07, 6.45) is -3.90. The van der Waals surface area contributed by atoms with E-state index in [-0.39, 0.29) is 18.2 Å². The number of nitrogens with one attached hydrogen (secondary N) is 1. The van der Waals surface area contributed by atoms with Gasteiger partial charge in [-0.05, 0) is 36.8 Å². The Balaban J connectivity index is 1.99. The number of benzene rings is 1. The first-order chi connectivity index (χ1) is 9.88. The van der Waals surface area contributed by atoms with Crippen LogP contribution in [0.4, 0.5) is 13.2 Å². The van der Waals surface area contributed by atoms with Crippen molar-refractivity contribution in [2.24, 2.45) is 0 Å². The molecule has 6 heteroatoms. The van der Waals surface area contributed by atoms with Gasteiger partial charge in [0, 0.05) is 6.54 Å². The maximum atomic E-state index is 12.6. The van der Waals surface area contributed by atoms with Crippen molar-refractivity contribution < 1.29 is 22.7 Å². The Bertz CT molecular complexity index is 567. The zero-order chi connectivity index (χ0) is 15.5. The molecule has 1 aromatic carbocycles. The maximum absolute atomic E-state index is 12.6. The minimum absolute atomic E-state index is 0.128. The number of rotatable bonds is 5. The second-order valence-corrected chi connectivity index (χ2v) is 4.78. The van der Waals surface area contributed by atoms with Gasteiger partial charge in [0.2, 0.25) is 0 Å². The second-order valence-electron chi connectivity index (χ2n) is 4.78. The van der Waals surface area contributed by atoms with Gasteiger partial charge in [-0.25, -0.2) is 0 Å². The third-order valence-corrected chi connectivity index (χ3v) is 3.19. The van der Waals surface area contributed by atoms with Gasteiger partial charge < -0.3 is 14.8 Å². The van der Waals surface area contributed by atoms with Crippen molar-refractivity contribution in [1.82, 2.24) is 5.32 Å². The molecule has 1 aromatic heterocycles. The molecular formula is C15H16F3NO2. The van der Waals surface area contributed by atoms with Crippen LogP contribution in [0, 0.1) is 0 Å². The van der Waals surface area contributed by atoms with E-state index in [1.54, 1.807) is 12.1 Å². The summed E-state index contributed by atoms with van der Waals surface area (Å²) in [5.41, 5.74) is -0.540. The quantitative estimate of drug-likeness (QED) is 0.885. The molecule has 21 heavy (non-hydrogen) atoms. The summed E-state index contributed by atoms with van der Waals surface area (Å²) >= 11 is 0. The Kier molecular flexibility index (Phi) is 4.69. The van der Waals surface area contributed by atoms with Crippen molar-refractivity contribution in [3.63, 3.8) is 0 Å². The summed E-state index contributed by atoms with van der Waals surface area (Å²) in [4.78, 5) is 0. The van der Waals surface area contributed by atoms with Crippen molar-refractivity contribution in [2.45, 2.75) is 25.2 Å². The van der Waals surface area contributed by atoms with Crippen LogP contribution >= 0.6 is 0 Å². The van der Waals surface area contributed by atoms with Crippen molar-refractivity contribution >= 4 is 0 Å². The molecule has 0 spiro atoms. The summed E-state index contributed by atoms with van der Waals surface area (Å²) in [5, 5.41) is 13.0. The fourth-order valence-electron chi connectivity index (χ4n) is 1.97. The molecule has 2 atom stereocenters. The number of aliphatic hydroxyl groups excluding tert-OH is 1. The van der Waals surface area contributed by atoms with E-state index in [4.69, 9.17) is 4.42 Å². The van der Waals surface area contributed by atoms with Crippen LogP contribution in [0.3, 0.4) is 0 Å². The van der Waals surface area contributed by atoms with Gasteiger partial charge in [-0.2, -0.15) is 13.2 Å². The SMILES string of the molecule is CC(NCC(O)c1cccc(C(F)(F)F)c1)c1ccco1. The molecule has 2 aromatic rings. The molecule has 0 aliphatic carbocycles. The average Bonchev–Trinajstić information content (AvgIpc) is 2.98. The monoisotopic (exact) mass is 299 g/mol. The molecule has 114 valence electrons. The third-order valence-electron chi connectivity index (χ3n) is 3.19. The molecule has 0 fully saturated rings. The minimum Gasteiger partial charge on any atom is -0.468 e.